The van der Waals surface area contributed by atoms with E-state index < -0.39 is 11.6 Å². The summed E-state index contributed by atoms with van der Waals surface area (Å²) < 4.78 is 0. The lowest BCUT2D eigenvalue weighted by Gasteiger charge is -2.21. The van der Waals surface area contributed by atoms with Gasteiger partial charge in [-0.2, -0.15) is 0 Å². The predicted octanol–water partition coefficient (Wildman–Crippen LogP) is 3.98. The Morgan fingerprint density at radius 3 is 1.45 bits per heavy atom. The van der Waals surface area contributed by atoms with Crippen LogP contribution in [0.1, 0.15) is 84.0 Å². The molecule has 3 nitrogen and oxygen atoms in total. The van der Waals surface area contributed by atoms with Gasteiger partial charge in [-0.3, -0.25) is 0 Å². The molecule has 0 aromatic carbocycles. The molecule has 0 aromatic heterocycles. The average molecular weight is 329 g/mol. The van der Waals surface area contributed by atoms with Crippen molar-refractivity contribution in [1.82, 2.24) is 0 Å². The molecular formula is C15H34ClO3P. The lowest BCUT2D eigenvalue weighted by atomic mass is 10.0. The van der Waals surface area contributed by atoms with Crippen LogP contribution in [-0.4, -0.2) is 27.0 Å². The van der Waals surface area contributed by atoms with Crippen molar-refractivity contribution in [1.29, 1.82) is 0 Å². The van der Waals surface area contributed by atoms with Crippen molar-refractivity contribution in [2.24, 2.45) is 0 Å². The van der Waals surface area contributed by atoms with E-state index >= 15 is 0 Å². The Bertz CT molecular complexity index is 198. The fourth-order valence-electron chi connectivity index (χ4n) is 2.22. The lowest BCUT2D eigenvalue weighted by molar-refractivity contribution is -0.310. The summed E-state index contributed by atoms with van der Waals surface area (Å²) in [5, 5.41) is 26.8. The Kier molecular flexibility index (Phi) is 16.6. The third-order valence-electron chi connectivity index (χ3n) is 3.62. The largest absolute Gasteiger partial charge is 0.343 e. The van der Waals surface area contributed by atoms with Crippen LogP contribution in [0.5, 0.6) is 0 Å². The average Bonchev–Trinajstić information content (AvgIpc) is 2.34. The Morgan fingerprint density at radius 2 is 1.10 bits per heavy atom. The minimum Gasteiger partial charge on any atom is -0.343 e. The standard InChI is InChI=1S/C15H33O3P.ClH/c1-2-3-4-5-6-7-8-9-10-11-12-13-14(19)15(16,17)18;/h14,16-18H,2-13,19H2,1H3;1H. The number of hydrogen-bond acceptors (Lipinski definition) is 3. The Labute approximate surface area is 133 Å². The maximum absolute atomic E-state index is 8.94. The van der Waals surface area contributed by atoms with Gasteiger partial charge in [-0.25, -0.2) is 0 Å². The molecule has 0 aliphatic rings. The van der Waals surface area contributed by atoms with Crippen LogP contribution in [0.15, 0.2) is 0 Å². The Morgan fingerprint density at radius 1 is 0.750 bits per heavy atom. The van der Waals surface area contributed by atoms with Crippen molar-refractivity contribution in [2.45, 2.75) is 95.6 Å². The van der Waals surface area contributed by atoms with E-state index in [2.05, 4.69) is 16.2 Å². The van der Waals surface area contributed by atoms with E-state index in [0.29, 0.717) is 6.42 Å². The summed E-state index contributed by atoms with van der Waals surface area (Å²) in [6.45, 7) is 2.24. The van der Waals surface area contributed by atoms with E-state index in [1.807, 2.05) is 0 Å². The van der Waals surface area contributed by atoms with Crippen molar-refractivity contribution in [3.05, 3.63) is 0 Å². The van der Waals surface area contributed by atoms with Gasteiger partial charge in [-0.15, -0.1) is 21.6 Å². The summed E-state index contributed by atoms with van der Waals surface area (Å²) >= 11 is 0. The zero-order valence-corrected chi connectivity index (χ0v) is 14.9. The van der Waals surface area contributed by atoms with Crippen molar-refractivity contribution >= 4 is 21.6 Å². The van der Waals surface area contributed by atoms with Gasteiger partial charge in [-0.05, 0) is 6.42 Å². The Balaban J connectivity index is 0. The third-order valence-corrected chi connectivity index (χ3v) is 4.40. The molecule has 0 aromatic rings. The monoisotopic (exact) mass is 328 g/mol. The normalized spacial score (nSPS) is 13.1. The van der Waals surface area contributed by atoms with Crippen LogP contribution >= 0.6 is 21.6 Å². The highest BCUT2D eigenvalue weighted by molar-refractivity contribution is 7.17. The maximum atomic E-state index is 8.94. The van der Waals surface area contributed by atoms with Crippen LogP contribution in [0.4, 0.5) is 0 Å². The molecule has 0 saturated heterocycles. The molecule has 0 saturated carbocycles. The molecule has 2 unspecified atom stereocenters. The van der Waals surface area contributed by atoms with Gasteiger partial charge in [0, 0.05) is 0 Å². The Hall–Kier alpha value is 0.600. The van der Waals surface area contributed by atoms with Gasteiger partial charge in [0.05, 0.1) is 5.66 Å². The molecule has 124 valence electrons. The summed E-state index contributed by atoms with van der Waals surface area (Å²) in [5.74, 6) is -2.54. The highest BCUT2D eigenvalue weighted by atomic mass is 35.5. The topological polar surface area (TPSA) is 60.7 Å². The van der Waals surface area contributed by atoms with Gasteiger partial charge < -0.3 is 15.3 Å². The van der Waals surface area contributed by atoms with E-state index in [1.165, 1.54) is 57.8 Å². The molecule has 0 bridgehead atoms. The molecule has 0 aliphatic carbocycles. The SMILES string of the molecule is CCCCCCCCCCCCCC(P)C(O)(O)O.Cl. The van der Waals surface area contributed by atoms with Gasteiger partial charge in [0.15, 0.2) is 0 Å². The van der Waals surface area contributed by atoms with Crippen LogP contribution in [-0.2, 0) is 0 Å². The van der Waals surface area contributed by atoms with Crippen LogP contribution in [0, 0.1) is 0 Å². The molecule has 5 heteroatoms. The first-order valence-corrected chi connectivity index (χ1v) is 8.57. The van der Waals surface area contributed by atoms with Crippen LogP contribution in [0.25, 0.3) is 0 Å². The van der Waals surface area contributed by atoms with Crippen LogP contribution < -0.4 is 0 Å². The molecule has 0 rings (SSSR count). The van der Waals surface area contributed by atoms with Crippen LogP contribution in [0.2, 0.25) is 0 Å². The van der Waals surface area contributed by atoms with E-state index in [0.717, 1.165) is 12.8 Å². The molecule has 0 spiro atoms. The van der Waals surface area contributed by atoms with Gasteiger partial charge in [0.1, 0.15) is 0 Å². The second-order valence-corrected chi connectivity index (χ2v) is 6.42. The van der Waals surface area contributed by atoms with Gasteiger partial charge in [0.2, 0.25) is 0 Å². The van der Waals surface area contributed by atoms with Gasteiger partial charge >= 0.3 is 0 Å². The number of hydrogen-bond donors (Lipinski definition) is 3. The van der Waals surface area contributed by atoms with E-state index in [-0.39, 0.29) is 12.4 Å². The minimum absolute atomic E-state index is 0. The second kappa shape index (κ2) is 14.5. The fraction of sp³-hybridized carbons (Fsp3) is 1.00. The fourth-order valence-corrected chi connectivity index (χ4v) is 2.46. The van der Waals surface area contributed by atoms with Gasteiger partial charge in [-0.1, -0.05) is 77.6 Å². The lowest BCUT2D eigenvalue weighted by Crippen LogP contribution is -2.37. The molecule has 0 heterocycles. The van der Waals surface area contributed by atoms with Crippen molar-refractivity contribution in [3.8, 4) is 0 Å². The van der Waals surface area contributed by atoms with Crippen LogP contribution in [0.3, 0.4) is 0 Å². The summed E-state index contributed by atoms with van der Waals surface area (Å²) in [6.07, 6.45) is 14.7. The summed E-state index contributed by atoms with van der Waals surface area (Å²) in [5.41, 5.74) is -0.550. The summed E-state index contributed by atoms with van der Waals surface area (Å²) in [6, 6.07) is 0. The predicted molar refractivity (Wildman–Crippen MR) is 91.2 cm³/mol. The van der Waals surface area contributed by atoms with Crippen molar-refractivity contribution < 1.29 is 15.3 Å². The number of aliphatic hydroxyl groups is 3. The second-order valence-electron chi connectivity index (χ2n) is 5.62. The molecule has 20 heavy (non-hydrogen) atoms. The van der Waals surface area contributed by atoms with E-state index in [1.54, 1.807) is 0 Å². The first-order chi connectivity index (χ1) is 8.98. The molecule has 0 amide bonds. The maximum Gasteiger partial charge on any atom is 0.281 e. The minimum atomic E-state index is -2.54. The molecule has 0 radical (unpaired) electrons. The molecule has 0 fully saturated rings. The first-order valence-electron chi connectivity index (χ1n) is 7.91. The number of halogens is 1. The van der Waals surface area contributed by atoms with Gasteiger partial charge in [0.25, 0.3) is 5.97 Å². The highest BCUT2D eigenvalue weighted by Gasteiger charge is 2.27. The zero-order valence-electron chi connectivity index (χ0n) is 12.9. The van der Waals surface area contributed by atoms with Crippen molar-refractivity contribution in [2.75, 3.05) is 0 Å². The molecule has 2 atom stereocenters. The van der Waals surface area contributed by atoms with E-state index in [4.69, 9.17) is 15.3 Å². The molecule has 0 aliphatic heterocycles. The smallest absolute Gasteiger partial charge is 0.281 e. The first kappa shape index (κ1) is 22.9. The van der Waals surface area contributed by atoms with E-state index in [9.17, 15) is 0 Å². The number of rotatable bonds is 13. The molecular weight excluding hydrogens is 295 g/mol. The highest BCUT2D eigenvalue weighted by Crippen LogP contribution is 2.20. The number of unbranched alkanes of at least 4 members (excludes halogenated alkanes) is 10. The summed E-state index contributed by atoms with van der Waals surface area (Å²) in [4.78, 5) is 0. The summed E-state index contributed by atoms with van der Waals surface area (Å²) in [7, 11) is 2.29. The third kappa shape index (κ3) is 15.0. The zero-order chi connectivity index (χ0) is 14.6. The van der Waals surface area contributed by atoms with Crippen molar-refractivity contribution in [3.63, 3.8) is 0 Å². The molecule has 3 N–H and O–H groups in total. The quantitative estimate of drug-likeness (QED) is 0.272.